The molecule has 0 bridgehead atoms. The Balaban J connectivity index is 2.55. The van der Waals surface area contributed by atoms with Crippen LogP contribution in [0.2, 0.25) is 0 Å². The molecule has 0 amide bonds. The quantitative estimate of drug-likeness (QED) is 0.923. The average molecular weight is 298 g/mol. The van der Waals surface area contributed by atoms with E-state index in [2.05, 4.69) is 5.10 Å². The number of aromatic carboxylic acids is 1. The van der Waals surface area contributed by atoms with Gasteiger partial charge in [-0.05, 0) is 18.2 Å². The van der Waals surface area contributed by atoms with Gasteiger partial charge in [0.1, 0.15) is 10.7 Å². The normalized spacial score (nSPS) is 11.6. The van der Waals surface area contributed by atoms with Gasteiger partial charge in [-0.2, -0.15) is 5.10 Å². The van der Waals surface area contributed by atoms with Crippen molar-refractivity contribution in [2.45, 2.75) is 4.90 Å². The Morgan fingerprint density at radius 3 is 2.45 bits per heavy atom. The molecule has 0 spiro atoms. The molecule has 0 saturated carbocycles. The summed E-state index contributed by atoms with van der Waals surface area (Å²) in [5, 5.41) is 12.6. The summed E-state index contributed by atoms with van der Waals surface area (Å²) in [4.78, 5) is 10.4. The molecule has 0 unspecified atom stereocenters. The van der Waals surface area contributed by atoms with Gasteiger partial charge in [-0.1, -0.05) is 6.07 Å². The number of nitrogens with zero attached hydrogens (tertiary/aromatic N) is 2. The minimum absolute atomic E-state index is 0.171. The topological polar surface area (TPSA) is 89.3 Å². The summed E-state index contributed by atoms with van der Waals surface area (Å²) in [6.07, 6.45) is 0.914. The predicted octanol–water partition coefficient (Wildman–Crippen LogP) is 1.33. The van der Waals surface area contributed by atoms with E-state index in [9.17, 15) is 17.6 Å². The predicted molar refractivity (Wildman–Crippen MR) is 68.7 cm³/mol. The highest BCUT2D eigenvalue weighted by Crippen LogP contribution is 2.24. The van der Waals surface area contributed by atoms with Crippen LogP contribution in [0.1, 0.15) is 10.5 Å². The molecule has 0 aliphatic carbocycles. The van der Waals surface area contributed by atoms with Gasteiger partial charge in [-0.3, -0.25) is 4.68 Å². The maximum atomic E-state index is 13.8. The van der Waals surface area contributed by atoms with Crippen LogP contribution >= 0.6 is 0 Å². The monoisotopic (exact) mass is 298 g/mol. The van der Waals surface area contributed by atoms with Gasteiger partial charge in [0.2, 0.25) is 0 Å². The van der Waals surface area contributed by atoms with Gasteiger partial charge in [0.25, 0.3) is 0 Å². The molecule has 1 N–H and O–H groups in total. The van der Waals surface area contributed by atoms with Crippen molar-refractivity contribution >= 4 is 15.8 Å². The van der Waals surface area contributed by atoms with Crippen LogP contribution in [0.3, 0.4) is 0 Å². The SMILES string of the molecule is Cn1nc(C(=O)O)cc1-c1ccc(S(C)(=O)=O)c(F)c1. The summed E-state index contributed by atoms with van der Waals surface area (Å²) in [5.41, 5.74) is 0.550. The molecule has 2 aromatic rings. The first-order valence-electron chi connectivity index (χ1n) is 5.47. The number of carbonyl (C=O) groups is 1. The highest BCUT2D eigenvalue weighted by Gasteiger charge is 2.17. The summed E-state index contributed by atoms with van der Waals surface area (Å²) in [7, 11) is -2.12. The van der Waals surface area contributed by atoms with Crippen molar-refractivity contribution in [3.63, 3.8) is 0 Å². The van der Waals surface area contributed by atoms with E-state index in [0.29, 0.717) is 11.3 Å². The van der Waals surface area contributed by atoms with Crippen molar-refractivity contribution in [3.8, 4) is 11.3 Å². The number of carboxylic acid groups (broad SMARTS) is 1. The third-order valence-electron chi connectivity index (χ3n) is 2.73. The standard InChI is InChI=1S/C12H11FN2O4S/c1-15-10(6-9(14-15)12(16)17)7-3-4-11(8(13)5-7)20(2,18)19/h3-6H,1-2H3,(H,16,17). The molecule has 0 fully saturated rings. The van der Waals surface area contributed by atoms with Crippen LogP contribution in [-0.2, 0) is 16.9 Å². The number of carboxylic acids is 1. The van der Waals surface area contributed by atoms with Crippen molar-refractivity contribution in [1.82, 2.24) is 9.78 Å². The molecule has 0 aliphatic heterocycles. The van der Waals surface area contributed by atoms with Gasteiger partial charge in [-0.15, -0.1) is 0 Å². The van der Waals surface area contributed by atoms with Crippen LogP contribution < -0.4 is 0 Å². The Morgan fingerprint density at radius 1 is 1.35 bits per heavy atom. The van der Waals surface area contributed by atoms with E-state index >= 15 is 0 Å². The second-order valence-electron chi connectivity index (χ2n) is 4.26. The first-order chi connectivity index (χ1) is 9.20. The molecule has 1 aromatic carbocycles. The summed E-state index contributed by atoms with van der Waals surface area (Å²) in [6, 6.07) is 4.88. The molecular formula is C12H11FN2O4S. The van der Waals surface area contributed by atoms with Crippen LogP contribution in [-0.4, -0.2) is 35.5 Å². The molecule has 0 radical (unpaired) electrons. The molecule has 1 aromatic heterocycles. The summed E-state index contributed by atoms with van der Waals surface area (Å²) in [6.45, 7) is 0. The number of aryl methyl sites for hydroxylation is 1. The van der Waals surface area contributed by atoms with Gasteiger partial charge < -0.3 is 5.11 Å². The second kappa shape index (κ2) is 4.71. The molecule has 20 heavy (non-hydrogen) atoms. The lowest BCUT2D eigenvalue weighted by Gasteiger charge is -2.05. The van der Waals surface area contributed by atoms with Gasteiger partial charge in [0.05, 0.1) is 5.69 Å². The second-order valence-corrected chi connectivity index (χ2v) is 6.25. The van der Waals surface area contributed by atoms with Gasteiger partial charge in [0.15, 0.2) is 15.5 Å². The first kappa shape index (κ1) is 14.2. The smallest absolute Gasteiger partial charge is 0.356 e. The Hall–Kier alpha value is -2.22. The lowest BCUT2D eigenvalue weighted by Crippen LogP contribution is -2.01. The van der Waals surface area contributed by atoms with Crippen molar-refractivity contribution in [1.29, 1.82) is 0 Å². The lowest BCUT2D eigenvalue weighted by atomic mass is 10.1. The van der Waals surface area contributed by atoms with Crippen molar-refractivity contribution in [2.24, 2.45) is 7.05 Å². The zero-order valence-corrected chi connectivity index (χ0v) is 11.5. The Labute approximate surface area is 114 Å². The van der Waals surface area contributed by atoms with Gasteiger partial charge >= 0.3 is 5.97 Å². The zero-order chi connectivity index (χ0) is 15.1. The average Bonchev–Trinajstić information content (AvgIpc) is 2.69. The molecule has 0 atom stereocenters. The van der Waals surface area contributed by atoms with Crippen molar-refractivity contribution in [2.75, 3.05) is 6.26 Å². The first-order valence-corrected chi connectivity index (χ1v) is 7.36. The molecule has 6 nitrogen and oxygen atoms in total. The minimum atomic E-state index is -3.64. The number of aromatic nitrogens is 2. The third kappa shape index (κ3) is 2.55. The molecule has 0 aliphatic rings. The fraction of sp³-hybridized carbons (Fsp3) is 0.167. The third-order valence-corrected chi connectivity index (χ3v) is 3.86. The maximum Gasteiger partial charge on any atom is 0.356 e. The molecule has 106 valence electrons. The number of halogens is 1. The maximum absolute atomic E-state index is 13.8. The Morgan fingerprint density at radius 2 is 2.00 bits per heavy atom. The van der Waals surface area contributed by atoms with E-state index in [4.69, 9.17) is 5.11 Å². The van der Waals surface area contributed by atoms with E-state index in [0.717, 1.165) is 18.4 Å². The lowest BCUT2D eigenvalue weighted by molar-refractivity contribution is 0.0689. The number of hydrogen-bond acceptors (Lipinski definition) is 4. The van der Waals surface area contributed by atoms with Crippen LogP contribution in [0.4, 0.5) is 4.39 Å². The Kier molecular flexibility index (Phi) is 3.34. The van der Waals surface area contributed by atoms with Gasteiger partial charge in [-0.25, -0.2) is 17.6 Å². The number of sulfone groups is 1. The number of benzene rings is 1. The van der Waals surface area contributed by atoms with E-state index in [1.54, 1.807) is 0 Å². The van der Waals surface area contributed by atoms with Crippen molar-refractivity contribution < 1.29 is 22.7 Å². The zero-order valence-electron chi connectivity index (χ0n) is 10.7. The van der Waals surface area contributed by atoms with Crippen molar-refractivity contribution in [3.05, 3.63) is 35.8 Å². The summed E-state index contributed by atoms with van der Waals surface area (Å²) in [5.74, 6) is -2.08. The van der Waals surface area contributed by atoms with Gasteiger partial charge in [0, 0.05) is 18.9 Å². The fourth-order valence-corrected chi connectivity index (χ4v) is 2.53. The fourth-order valence-electron chi connectivity index (χ4n) is 1.80. The summed E-state index contributed by atoms with van der Waals surface area (Å²) >= 11 is 0. The highest BCUT2D eigenvalue weighted by atomic mass is 32.2. The van der Waals surface area contributed by atoms with E-state index < -0.39 is 26.5 Å². The van der Waals surface area contributed by atoms with Crippen LogP contribution in [0, 0.1) is 5.82 Å². The van der Waals surface area contributed by atoms with E-state index in [-0.39, 0.29) is 5.69 Å². The Bertz CT molecular complexity index is 796. The largest absolute Gasteiger partial charge is 0.476 e. The molecule has 1 heterocycles. The molecular weight excluding hydrogens is 287 g/mol. The number of hydrogen-bond donors (Lipinski definition) is 1. The van der Waals surface area contributed by atoms with E-state index in [1.807, 2.05) is 0 Å². The summed E-state index contributed by atoms with van der Waals surface area (Å²) < 4.78 is 37.7. The van der Waals surface area contributed by atoms with Crippen LogP contribution in [0.5, 0.6) is 0 Å². The van der Waals surface area contributed by atoms with Crippen LogP contribution in [0.15, 0.2) is 29.2 Å². The van der Waals surface area contributed by atoms with E-state index in [1.165, 1.54) is 23.9 Å². The molecule has 0 saturated heterocycles. The van der Waals surface area contributed by atoms with Crippen LogP contribution in [0.25, 0.3) is 11.3 Å². The molecule has 2 rings (SSSR count). The minimum Gasteiger partial charge on any atom is -0.476 e. The highest BCUT2D eigenvalue weighted by molar-refractivity contribution is 7.90. The number of rotatable bonds is 3. The molecule has 8 heteroatoms.